The first kappa shape index (κ1) is 17.0. The molecular weight excluding hydrogens is 314 g/mol. The number of hydrogen-bond acceptors (Lipinski definition) is 2. The molecule has 118 valence electrons. The van der Waals surface area contributed by atoms with Crippen LogP contribution < -0.4 is 5.32 Å². The van der Waals surface area contributed by atoms with Crippen molar-refractivity contribution in [3.63, 3.8) is 0 Å². The number of anilines is 1. The molecule has 0 heterocycles. The van der Waals surface area contributed by atoms with Crippen molar-refractivity contribution in [1.82, 2.24) is 0 Å². The van der Waals surface area contributed by atoms with Gasteiger partial charge >= 0.3 is 0 Å². The Balaban J connectivity index is 2.05. The van der Waals surface area contributed by atoms with Gasteiger partial charge in [0.25, 0.3) is 0 Å². The highest BCUT2D eigenvalue weighted by molar-refractivity contribution is 7.83. The van der Waals surface area contributed by atoms with Gasteiger partial charge in [-0.1, -0.05) is 55.8 Å². The van der Waals surface area contributed by atoms with Gasteiger partial charge in [-0.25, -0.2) is 0 Å². The van der Waals surface area contributed by atoms with Gasteiger partial charge in [0.2, 0.25) is 0 Å². The number of benzene rings is 2. The molecule has 0 amide bonds. The summed E-state index contributed by atoms with van der Waals surface area (Å²) >= 11 is 6.23. The zero-order valence-electron chi connectivity index (χ0n) is 13.2. The Morgan fingerprint density at radius 1 is 1.09 bits per heavy atom. The van der Waals surface area contributed by atoms with E-state index in [0.29, 0.717) is 16.7 Å². The van der Waals surface area contributed by atoms with E-state index in [1.807, 2.05) is 18.2 Å². The number of hydrogen-bond donors (Lipinski definition) is 1. The Morgan fingerprint density at radius 2 is 1.73 bits per heavy atom. The zero-order chi connectivity index (χ0) is 16.1. The molecule has 0 aliphatic heterocycles. The van der Waals surface area contributed by atoms with Crippen LogP contribution in [0.2, 0.25) is 5.02 Å². The first-order valence-electron chi connectivity index (χ1n) is 7.37. The average Bonchev–Trinajstić information content (AvgIpc) is 2.47. The fourth-order valence-electron chi connectivity index (χ4n) is 2.25. The molecule has 1 unspecified atom stereocenters. The quantitative estimate of drug-likeness (QED) is 0.808. The maximum atomic E-state index is 11.3. The Kier molecular flexibility index (Phi) is 6.04. The summed E-state index contributed by atoms with van der Waals surface area (Å²) in [6, 6.07) is 14.4. The summed E-state index contributed by atoms with van der Waals surface area (Å²) < 4.78 is 11.3. The lowest BCUT2D eigenvalue weighted by Crippen LogP contribution is -2.02. The summed E-state index contributed by atoms with van der Waals surface area (Å²) in [4.78, 5) is 0. The minimum absolute atomic E-state index is 0.544. The molecule has 0 aromatic heterocycles. The molecule has 0 aliphatic carbocycles. The summed E-state index contributed by atoms with van der Waals surface area (Å²) in [6.07, 6.45) is 1.71. The lowest BCUT2D eigenvalue weighted by Gasteiger charge is -2.11. The Morgan fingerprint density at radius 3 is 2.32 bits per heavy atom. The molecule has 0 fully saturated rings. The lowest BCUT2D eigenvalue weighted by atomic mass is 10.0. The molecule has 0 saturated carbocycles. The smallest absolute Gasteiger partial charge is 0.0637 e. The highest BCUT2D eigenvalue weighted by atomic mass is 35.5. The SMILES string of the molecule is CC(C)c1ccc(CNc2cc(CS(C)=O)ccc2Cl)cc1. The van der Waals surface area contributed by atoms with Gasteiger partial charge in [-0.3, -0.25) is 4.21 Å². The highest BCUT2D eigenvalue weighted by Crippen LogP contribution is 2.24. The third-order valence-electron chi connectivity index (χ3n) is 3.53. The summed E-state index contributed by atoms with van der Waals surface area (Å²) in [5, 5.41) is 4.05. The molecule has 2 rings (SSSR count). The predicted molar refractivity (Wildman–Crippen MR) is 97.1 cm³/mol. The van der Waals surface area contributed by atoms with E-state index in [1.165, 1.54) is 11.1 Å². The fourth-order valence-corrected chi connectivity index (χ4v) is 3.08. The van der Waals surface area contributed by atoms with Crippen LogP contribution in [0.5, 0.6) is 0 Å². The van der Waals surface area contributed by atoms with Crippen LogP contribution in [-0.4, -0.2) is 10.5 Å². The minimum Gasteiger partial charge on any atom is -0.380 e. The molecule has 1 atom stereocenters. The first-order chi connectivity index (χ1) is 10.5. The third-order valence-corrected chi connectivity index (χ3v) is 4.60. The largest absolute Gasteiger partial charge is 0.380 e. The van der Waals surface area contributed by atoms with Gasteiger partial charge in [0.05, 0.1) is 10.7 Å². The van der Waals surface area contributed by atoms with Crippen molar-refractivity contribution in [3.8, 4) is 0 Å². The summed E-state index contributed by atoms with van der Waals surface area (Å²) in [5.74, 6) is 1.10. The van der Waals surface area contributed by atoms with Gasteiger partial charge < -0.3 is 5.32 Å². The normalized spacial score (nSPS) is 12.4. The maximum absolute atomic E-state index is 11.3. The van der Waals surface area contributed by atoms with E-state index < -0.39 is 10.8 Å². The average molecular weight is 336 g/mol. The molecule has 0 aliphatic rings. The van der Waals surface area contributed by atoms with Gasteiger partial charge in [-0.2, -0.15) is 0 Å². The zero-order valence-corrected chi connectivity index (χ0v) is 14.8. The molecule has 2 aromatic carbocycles. The van der Waals surface area contributed by atoms with Crippen molar-refractivity contribution in [1.29, 1.82) is 0 Å². The van der Waals surface area contributed by atoms with Crippen LogP contribution >= 0.6 is 11.6 Å². The molecule has 0 radical (unpaired) electrons. The summed E-state index contributed by atoms with van der Waals surface area (Å²) in [5.41, 5.74) is 4.47. The lowest BCUT2D eigenvalue weighted by molar-refractivity contribution is 0.686. The van der Waals surface area contributed by atoms with Crippen LogP contribution in [0.4, 0.5) is 5.69 Å². The van der Waals surface area contributed by atoms with E-state index in [0.717, 1.165) is 17.8 Å². The Labute approximate surface area is 140 Å². The minimum atomic E-state index is -0.849. The van der Waals surface area contributed by atoms with E-state index in [2.05, 4.69) is 43.4 Å². The van der Waals surface area contributed by atoms with Crippen molar-refractivity contribution in [2.75, 3.05) is 11.6 Å². The Hall–Kier alpha value is -1.32. The van der Waals surface area contributed by atoms with Crippen LogP contribution in [0.3, 0.4) is 0 Å². The maximum Gasteiger partial charge on any atom is 0.0637 e. The fraction of sp³-hybridized carbons (Fsp3) is 0.333. The second-order valence-electron chi connectivity index (χ2n) is 5.78. The molecule has 0 spiro atoms. The molecule has 2 nitrogen and oxygen atoms in total. The third kappa shape index (κ3) is 4.85. The van der Waals surface area contributed by atoms with Crippen LogP contribution in [0.25, 0.3) is 0 Å². The molecule has 22 heavy (non-hydrogen) atoms. The van der Waals surface area contributed by atoms with Gasteiger partial charge in [0, 0.05) is 29.4 Å². The van der Waals surface area contributed by atoms with E-state index >= 15 is 0 Å². The second-order valence-corrected chi connectivity index (χ2v) is 7.62. The second kappa shape index (κ2) is 7.80. The number of rotatable bonds is 6. The van der Waals surface area contributed by atoms with Gasteiger partial charge in [-0.15, -0.1) is 0 Å². The summed E-state index contributed by atoms with van der Waals surface area (Å²) in [6.45, 7) is 5.10. The summed E-state index contributed by atoms with van der Waals surface area (Å²) in [7, 11) is -0.849. The van der Waals surface area contributed by atoms with Gasteiger partial charge in [0.1, 0.15) is 0 Å². The van der Waals surface area contributed by atoms with Crippen LogP contribution in [0.15, 0.2) is 42.5 Å². The molecule has 1 N–H and O–H groups in total. The van der Waals surface area contributed by atoms with E-state index in [1.54, 1.807) is 6.26 Å². The monoisotopic (exact) mass is 335 g/mol. The first-order valence-corrected chi connectivity index (χ1v) is 9.47. The van der Waals surface area contributed by atoms with Crippen LogP contribution in [0, 0.1) is 0 Å². The van der Waals surface area contributed by atoms with Crippen LogP contribution in [-0.2, 0) is 23.1 Å². The molecule has 0 bridgehead atoms. The highest BCUT2D eigenvalue weighted by Gasteiger charge is 2.04. The van der Waals surface area contributed by atoms with Crippen molar-refractivity contribution in [3.05, 3.63) is 64.2 Å². The number of halogens is 1. The standard InChI is InChI=1S/C18H22ClNOS/c1-13(2)16-7-4-14(5-8-16)11-20-18-10-15(12-22(3)21)6-9-17(18)19/h4-10,13,20H,11-12H2,1-3H3. The van der Waals surface area contributed by atoms with Gasteiger partial charge in [-0.05, 0) is 34.7 Å². The van der Waals surface area contributed by atoms with Crippen molar-refractivity contribution in [2.24, 2.45) is 0 Å². The molecular formula is C18H22ClNOS. The van der Waals surface area contributed by atoms with Gasteiger partial charge in [0.15, 0.2) is 0 Å². The van der Waals surface area contributed by atoms with E-state index in [4.69, 9.17) is 11.6 Å². The van der Waals surface area contributed by atoms with Crippen molar-refractivity contribution in [2.45, 2.75) is 32.1 Å². The molecule has 0 saturated heterocycles. The molecule has 2 aromatic rings. The predicted octanol–water partition coefficient (Wildman–Crippen LogP) is 4.95. The topological polar surface area (TPSA) is 29.1 Å². The number of nitrogens with one attached hydrogen (secondary N) is 1. The van der Waals surface area contributed by atoms with E-state index in [9.17, 15) is 4.21 Å². The Bertz CT molecular complexity index is 653. The van der Waals surface area contributed by atoms with Crippen LogP contribution in [0.1, 0.15) is 36.5 Å². The van der Waals surface area contributed by atoms with Crippen molar-refractivity contribution >= 4 is 28.1 Å². The van der Waals surface area contributed by atoms with E-state index in [-0.39, 0.29) is 0 Å². The van der Waals surface area contributed by atoms with Crippen molar-refractivity contribution < 1.29 is 4.21 Å². The molecule has 4 heteroatoms.